The summed E-state index contributed by atoms with van der Waals surface area (Å²) in [5, 5.41) is 8.22. The maximum atomic E-state index is 12.7. The molecule has 0 aliphatic rings. The maximum absolute atomic E-state index is 12.7. The number of carboxylic acids is 1. The Morgan fingerprint density at radius 2 is 2.33 bits per heavy atom. The molecule has 0 amide bonds. The molecular formula is C10H10BrFO2S. The van der Waals surface area contributed by atoms with Gasteiger partial charge in [0.1, 0.15) is 5.82 Å². The van der Waals surface area contributed by atoms with Gasteiger partial charge in [-0.25, -0.2) is 4.39 Å². The van der Waals surface area contributed by atoms with Gasteiger partial charge in [-0.1, -0.05) is 22.0 Å². The third kappa shape index (κ3) is 3.83. The second-order valence-corrected chi connectivity index (χ2v) is 5.21. The smallest absolute Gasteiger partial charge is 0.316 e. The molecule has 1 N–H and O–H groups in total. The average molecular weight is 293 g/mol. The minimum Gasteiger partial charge on any atom is -0.480 e. The number of carbonyl (C=O) groups is 1. The van der Waals surface area contributed by atoms with Gasteiger partial charge < -0.3 is 5.11 Å². The van der Waals surface area contributed by atoms with Gasteiger partial charge in [-0.2, -0.15) is 0 Å². The van der Waals surface area contributed by atoms with Gasteiger partial charge in [0.15, 0.2) is 0 Å². The molecule has 1 aromatic rings. The zero-order valence-corrected chi connectivity index (χ0v) is 10.4. The fraction of sp³-hybridized carbons (Fsp3) is 0.300. The lowest BCUT2D eigenvalue weighted by Crippen LogP contribution is -2.11. The summed E-state index contributed by atoms with van der Waals surface area (Å²) in [4.78, 5) is 10.6. The number of thioether (sulfide) groups is 1. The molecule has 5 heteroatoms. The molecule has 0 aliphatic carbocycles. The van der Waals surface area contributed by atoms with E-state index in [9.17, 15) is 9.18 Å². The molecule has 82 valence electrons. The molecule has 0 heterocycles. The number of halogens is 2. The summed E-state index contributed by atoms with van der Waals surface area (Å²) in [5.74, 6) is -0.589. The van der Waals surface area contributed by atoms with E-state index in [4.69, 9.17) is 5.11 Å². The van der Waals surface area contributed by atoms with Crippen molar-refractivity contribution in [2.24, 2.45) is 0 Å². The molecule has 1 atom stereocenters. The number of carboxylic acid groups (broad SMARTS) is 1. The third-order valence-corrected chi connectivity index (χ3v) is 3.77. The first-order chi connectivity index (χ1) is 7.00. The lowest BCUT2D eigenvalue weighted by atomic mass is 10.2. The average Bonchev–Trinajstić information content (AvgIpc) is 2.15. The van der Waals surface area contributed by atoms with E-state index in [-0.39, 0.29) is 5.82 Å². The fourth-order valence-electron chi connectivity index (χ4n) is 0.925. The first kappa shape index (κ1) is 12.5. The fourth-order valence-corrected chi connectivity index (χ4v) is 2.43. The Morgan fingerprint density at radius 1 is 1.67 bits per heavy atom. The Bertz CT molecular complexity index is 370. The summed E-state index contributed by atoms with van der Waals surface area (Å²) in [6.45, 7) is 1.63. The van der Waals surface area contributed by atoms with Crippen molar-refractivity contribution < 1.29 is 14.3 Å². The van der Waals surface area contributed by atoms with Crippen molar-refractivity contribution in [3.05, 3.63) is 34.1 Å². The van der Waals surface area contributed by atoms with Gasteiger partial charge in [-0.3, -0.25) is 4.79 Å². The van der Waals surface area contributed by atoms with Crippen LogP contribution < -0.4 is 0 Å². The van der Waals surface area contributed by atoms with Crippen molar-refractivity contribution in [3.8, 4) is 0 Å². The van der Waals surface area contributed by atoms with E-state index < -0.39 is 11.2 Å². The minimum absolute atomic E-state index is 0.304. The molecule has 15 heavy (non-hydrogen) atoms. The molecule has 0 saturated heterocycles. The normalized spacial score (nSPS) is 12.5. The van der Waals surface area contributed by atoms with Crippen LogP contribution in [0.5, 0.6) is 0 Å². The summed E-state index contributed by atoms with van der Waals surface area (Å²) in [5.41, 5.74) is 0.898. The number of rotatable bonds is 4. The monoisotopic (exact) mass is 292 g/mol. The zero-order chi connectivity index (χ0) is 11.4. The summed E-state index contributed by atoms with van der Waals surface area (Å²) in [6.07, 6.45) is 0. The second-order valence-electron chi connectivity index (χ2n) is 3.03. The van der Waals surface area contributed by atoms with Crippen molar-refractivity contribution in [2.45, 2.75) is 17.9 Å². The molecule has 0 radical (unpaired) electrons. The topological polar surface area (TPSA) is 37.3 Å². The SMILES string of the molecule is CC(SCc1ccc(F)cc1Br)C(=O)O. The number of hydrogen-bond donors (Lipinski definition) is 1. The van der Waals surface area contributed by atoms with E-state index in [1.165, 1.54) is 23.9 Å². The van der Waals surface area contributed by atoms with Gasteiger partial charge in [0, 0.05) is 10.2 Å². The Morgan fingerprint density at radius 3 is 2.87 bits per heavy atom. The van der Waals surface area contributed by atoms with E-state index in [1.54, 1.807) is 13.0 Å². The Labute approximate surface area is 100 Å². The van der Waals surface area contributed by atoms with E-state index in [1.807, 2.05) is 0 Å². The predicted molar refractivity (Wildman–Crippen MR) is 62.5 cm³/mol. The van der Waals surface area contributed by atoms with Crippen molar-refractivity contribution in [2.75, 3.05) is 0 Å². The minimum atomic E-state index is -0.835. The summed E-state index contributed by atoms with van der Waals surface area (Å²) in [6, 6.07) is 4.40. The number of aliphatic carboxylic acids is 1. The van der Waals surface area contributed by atoms with Crippen LogP contribution in [0.2, 0.25) is 0 Å². The van der Waals surface area contributed by atoms with Crippen molar-refractivity contribution in [1.82, 2.24) is 0 Å². The van der Waals surface area contributed by atoms with Crippen LogP contribution in [0.25, 0.3) is 0 Å². The summed E-state index contributed by atoms with van der Waals surface area (Å²) < 4.78 is 13.4. The third-order valence-electron chi connectivity index (χ3n) is 1.85. The van der Waals surface area contributed by atoms with Crippen LogP contribution in [0.3, 0.4) is 0 Å². The van der Waals surface area contributed by atoms with Gasteiger partial charge in [0.05, 0.1) is 5.25 Å². The predicted octanol–water partition coefficient (Wildman–Crippen LogP) is 3.29. The van der Waals surface area contributed by atoms with Crippen LogP contribution in [-0.4, -0.2) is 16.3 Å². The highest BCUT2D eigenvalue weighted by Gasteiger charge is 2.12. The van der Waals surface area contributed by atoms with Gasteiger partial charge in [-0.15, -0.1) is 11.8 Å². The second kappa shape index (κ2) is 5.51. The maximum Gasteiger partial charge on any atom is 0.316 e. The highest BCUT2D eigenvalue weighted by atomic mass is 79.9. The Kier molecular flexibility index (Phi) is 4.60. The van der Waals surface area contributed by atoms with Gasteiger partial charge in [-0.05, 0) is 24.6 Å². The number of benzene rings is 1. The highest BCUT2D eigenvalue weighted by molar-refractivity contribution is 9.10. The van der Waals surface area contributed by atoms with Crippen LogP contribution in [0.15, 0.2) is 22.7 Å². The molecule has 0 saturated carbocycles. The molecule has 0 fully saturated rings. The quantitative estimate of drug-likeness (QED) is 0.925. The van der Waals surface area contributed by atoms with Crippen molar-refractivity contribution in [3.63, 3.8) is 0 Å². The molecule has 0 aromatic heterocycles. The standard InChI is InChI=1S/C10H10BrFO2S/c1-6(10(13)14)15-5-7-2-3-8(12)4-9(7)11/h2-4,6H,5H2,1H3,(H,13,14). The number of hydrogen-bond acceptors (Lipinski definition) is 2. The van der Waals surface area contributed by atoms with Crippen molar-refractivity contribution in [1.29, 1.82) is 0 Å². The molecule has 1 unspecified atom stereocenters. The van der Waals surface area contributed by atoms with Gasteiger partial charge in [0.2, 0.25) is 0 Å². The lowest BCUT2D eigenvalue weighted by molar-refractivity contribution is -0.136. The first-order valence-corrected chi connectivity index (χ1v) is 6.13. The van der Waals surface area contributed by atoms with E-state index >= 15 is 0 Å². The zero-order valence-electron chi connectivity index (χ0n) is 8.04. The largest absolute Gasteiger partial charge is 0.480 e. The Hall–Kier alpha value is -0.550. The molecular weight excluding hydrogens is 283 g/mol. The summed E-state index contributed by atoms with van der Waals surface area (Å²) >= 11 is 4.54. The Balaban J connectivity index is 2.62. The molecule has 0 bridgehead atoms. The molecule has 2 nitrogen and oxygen atoms in total. The first-order valence-electron chi connectivity index (χ1n) is 4.29. The van der Waals surface area contributed by atoms with Crippen LogP contribution in [-0.2, 0) is 10.5 Å². The molecule has 0 aliphatic heterocycles. The van der Waals surface area contributed by atoms with E-state index in [0.717, 1.165) is 5.56 Å². The van der Waals surface area contributed by atoms with Crippen molar-refractivity contribution >= 4 is 33.7 Å². The van der Waals surface area contributed by atoms with E-state index in [0.29, 0.717) is 10.2 Å². The lowest BCUT2D eigenvalue weighted by Gasteiger charge is -2.07. The van der Waals surface area contributed by atoms with Gasteiger partial charge >= 0.3 is 5.97 Å². The highest BCUT2D eigenvalue weighted by Crippen LogP contribution is 2.24. The van der Waals surface area contributed by atoms with Crippen LogP contribution >= 0.6 is 27.7 Å². The van der Waals surface area contributed by atoms with Crippen LogP contribution in [0, 0.1) is 5.82 Å². The van der Waals surface area contributed by atoms with E-state index in [2.05, 4.69) is 15.9 Å². The molecule has 1 rings (SSSR count). The molecule has 1 aromatic carbocycles. The van der Waals surface area contributed by atoms with Crippen LogP contribution in [0.1, 0.15) is 12.5 Å². The van der Waals surface area contributed by atoms with Crippen LogP contribution in [0.4, 0.5) is 4.39 Å². The molecule has 0 spiro atoms. The van der Waals surface area contributed by atoms with Gasteiger partial charge in [0.25, 0.3) is 0 Å². The summed E-state index contributed by atoms with van der Waals surface area (Å²) in [7, 11) is 0.